The highest BCUT2D eigenvalue weighted by atomic mass is 16.6. The fraction of sp³-hybridized carbons (Fsp3) is 0.310. The van der Waals surface area contributed by atoms with Crippen LogP contribution in [0.1, 0.15) is 30.0 Å². The molecular formula is C29H32N2O5. The molecule has 3 aromatic rings. The van der Waals surface area contributed by atoms with Crippen LogP contribution >= 0.6 is 0 Å². The van der Waals surface area contributed by atoms with Crippen molar-refractivity contribution in [3.8, 4) is 0 Å². The van der Waals surface area contributed by atoms with Crippen LogP contribution in [-0.2, 0) is 34.0 Å². The van der Waals surface area contributed by atoms with Gasteiger partial charge in [0.15, 0.2) is 0 Å². The van der Waals surface area contributed by atoms with Gasteiger partial charge in [0.1, 0.15) is 13.2 Å². The highest BCUT2D eigenvalue weighted by Gasteiger charge is 2.44. The molecule has 1 heterocycles. The Labute approximate surface area is 212 Å². The first-order valence-electron chi connectivity index (χ1n) is 12.1. The summed E-state index contributed by atoms with van der Waals surface area (Å²) < 4.78 is 17.3. The molecule has 1 fully saturated rings. The molecule has 0 aromatic heterocycles. The number of benzene rings is 3. The van der Waals surface area contributed by atoms with Crippen LogP contribution in [0.4, 0.5) is 9.59 Å². The van der Waals surface area contributed by atoms with Crippen molar-refractivity contribution >= 4 is 12.2 Å². The Bertz CT molecular complexity index is 1110. The molecular weight excluding hydrogens is 456 g/mol. The quantitative estimate of drug-likeness (QED) is 0.466. The van der Waals surface area contributed by atoms with Crippen molar-refractivity contribution in [2.45, 2.75) is 44.8 Å². The molecule has 2 amide bonds. The third kappa shape index (κ3) is 7.09. The average molecular weight is 489 g/mol. The lowest BCUT2D eigenvalue weighted by molar-refractivity contribution is -0.0602. The number of amides is 2. The van der Waals surface area contributed by atoms with Crippen LogP contribution < -0.4 is 5.32 Å². The lowest BCUT2D eigenvalue weighted by Crippen LogP contribution is -2.65. The summed E-state index contributed by atoms with van der Waals surface area (Å²) in [6, 6.07) is 28.9. The third-order valence-electron chi connectivity index (χ3n) is 6.25. The molecule has 2 atom stereocenters. The van der Waals surface area contributed by atoms with E-state index in [9.17, 15) is 9.59 Å². The summed E-state index contributed by atoms with van der Waals surface area (Å²) in [5.74, 6) is 0. The van der Waals surface area contributed by atoms with Gasteiger partial charge in [-0.05, 0) is 30.0 Å². The number of ether oxygens (including phenoxy) is 3. The van der Waals surface area contributed by atoms with Gasteiger partial charge in [-0.3, -0.25) is 0 Å². The molecule has 36 heavy (non-hydrogen) atoms. The third-order valence-corrected chi connectivity index (χ3v) is 6.25. The van der Waals surface area contributed by atoms with Crippen LogP contribution in [0.15, 0.2) is 91.0 Å². The predicted octanol–water partition coefficient (Wildman–Crippen LogP) is 5.30. The normalized spacial score (nSPS) is 19.4. The maximum Gasteiger partial charge on any atom is 0.410 e. The minimum Gasteiger partial charge on any atom is -0.445 e. The number of carbonyl (C=O) groups is 2. The van der Waals surface area contributed by atoms with Gasteiger partial charge in [0.05, 0.1) is 18.2 Å². The number of carbonyl (C=O) groups excluding carboxylic acids is 2. The monoisotopic (exact) mass is 488 g/mol. The Hall–Kier alpha value is -3.84. The molecule has 7 heteroatoms. The smallest absolute Gasteiger partial charge is 0.410 e. The number of rotatable bonds is 8. The minimum atomic E-state index is -0.868. The molecule has 1 saturated heterocycles. The van der Waals surface area contributed by atoms with E-state index in [4.69, 9.17) is 14.2 Å². The molecule has 188 valence electrons. The molecule has 1 N–H and O–H groups in total. The summed E-state index contributed by atoms with van der Waals surface area (Å²) in [4.78, 5) is 27.2. The first-order valence-corrected chi connectivity index (χ1v) is 12.1. The molecule has 4 rings (SSSR count). The summed E-state index contributed by atoms with van der Waals surface area (Å²) >= 11 is 0. The van der Waals surface area contributed by atoms with Crippen LogP contribution in [-0.4, -0.2) is 41.8 Å². The van der Waals surface area contributed by atoms with E-state index in [-0.39, 0.29) is 25.9 Å². The van der Waals surface area contributed by atoms with Gasteiger partial charge in [0.2, 0.25) is 0 Å². The van der Waals surface area contributed by atoms with Gasteiger partial charge in [0, 0.05) is 13.1 Å². The number of alkyl carbamates (subject to hydrolysis) is 1. The van der Waals surface area contributed by atoms with Gasteiger partial charge in [0.25, 0.3) is 0 Å². The maximum absolute atomic E-state index is 12.9. The molecule has 1 aliphatic heterocycles. The molecule has 0 saturated carbocycles. The zero-order valence-electron chi connectivity index (χ0n) is 20.5. The summed E-state index contributed by atoms with van der Waals surface area (Å²) in [5.41, 5.74) is 1.98. The second-order valence-corrected chi connectivity index (χ2v) is 9.14. The highest BCUT2D eigenvalue weighted by molar-refractivity contribution is 5.70. The molecule has 0 bridgehead atoms. The summed E-state index contributed by atoms with van der Waals surface area (Å²) in [7, 11) is 0. The van der Waals surface area contributed by atoms with Crippen LogP contribution in [0.2, 0.25) is 0 Å². The molecule has 2 unspecified atom stereocenters. The molecule has 0 spiro atoms. The minimum absolute atomic E-state index is 0.154. The maximum atomic E-state index is 12.9. The Morgan fingerprint density at radius 3 is 1.86 bits per heavy atom. The van der Waals surface area contributed by atoms with E-state index < -0.39 is 17.7 Å². The van der Waals surface area contributed by atoms with Crippen molar-refractivity contribution in [3.05, 3.63) is 108 Å². The first-order chi connectivity index (χ1) is 17.5. The van der Waals surface area contributed by atoms with E-state index in [2.05, 4.69) is 5.32 Å². The SMILES string of the molecule is CC1(NC(=O)OCc2ccccc2)CN(C(=O)OCc2ccccc2)CCC1OCc1ccccc1. The van der Waals surface area contributed by atoms with E-state index in [1.165, 1.54) is 0 Å². The molecule has 0 aliphatic carbocycles. The largest absolute Gasteiger partial charge is 0.445 e. The van der Waals surface area contributed by atoms with Gasteiger partial charge >= 0.3 is 12.2 Å². The summed E-state index contributed by atoms with van der Waals surface area (Å²) in [6.45, 7) is 3.32. The lowest BCUT2D eigenvalue weighted by Gasteiger charge is -2.45. The van der Waals surface area contributed by atoms with Crippen LogP contribution in [0.25, 0.3) is 0 Å². The first kappa shape index (κ1) is 25.3. The number of likely N-dealkylation sites (tertiary alicyclic amines) is 1. The number of hydrogen-bond donors (Lipinski definition) is 1. The Morgan fingerprint density at radius 1 is 0.806 bits per heavy atom. The van der Waals surface area contributed by atoms with Crippen LogP contribution in [0, 0.1) is 0 Å². The van der Waals surface area contributed by atoms with Crippen molar-refractivity contribution in [1.82, 2.24) is 10.2 Å². The Morgan fingerprint density at radius 2 is 1.31 bits per heavy atom. The van der Waals surface area contributed by atoms with Gasteiger partial charge in [-0.2, -0.15) is 0 Å². The van der Waals surface area contributed by atoms with Crippen LogP contribution in [0.5, 0.6) is 0 Å². The number of nitrogens with one attached hydrogen (secondary N) is 1. The van der Waals surface area contributed by atoms with E-state index >= 15 is 0 Å². The second-order valence-electron chi connectivity index (χ2n) is 9.14. The van der Waals surface area contributed by atoms with E-state index in [1.54, 1.807) is 4.90 Å². The number of hydrogen-bond acceptors (Lipinski definition) is 5. The molecule has 1 aliphatic rings. The van der Waals surface area contributed by atoms with Crippen molar-refractivity contribution in [3.63, 3.8) is 0 Å². The van der Waals surface area contributed by atoms with E-state index in [0.29, 0.717) is 19.6 Å². The van der Waals surface area contributed by atoms with E-state index in [1.807, 2.05) is 97.9 Å². The van der Waals surface area contributed by atoms with Crippen molar-refractivity contribution in [1.29, 1.82) is 0 Å². The van der Waals surface area contributed by atoms with Crippen molar-refractivity contribution in [2.75, 3.05) is 13.1 Å². The van der Waals surface area contributed by atoms with Gasteiger partial charge in [-0.15, -0.1) is 0 Å². The fourth-order valence-corrected chi connectivity index (χ4v) is 4.29. The zero-order chi connectivity index (χ0) is 25.2. The second kappa shape index (κ2) is 12.2. The molecule has 7 nitrogen and oxygen atoms in total. The molecule has 3 aromatic carbocycles. The van der Waals surface area contributed by atoms with Gasteiger partial charge < -0.3 is 24.4 Å². The predicted molar refractivity (Wildman–Crippen MR) is 136 cm³/mol. The molecule has 0 radical (unpaired) electrons. The van der Waals surface area contributed by atoms with E-state index in [0.717, 1.165) is 16.7 Å². The van der Waals surface area contributed by atoms with Gasteiger partial charge in [-0.25, -0.2) is 9.59 Å². The van der Waals surface area contributed by atoms with Crippen LogP contribution in [0.3, 0.4) is 0 Å². The lowest BCUT2D eigenvalue weighted by atomic mass is 9.88. The highest BCUT2D eigenvalue weighted by Crippen LogP contribution is 2.26. The summed E-state index contributed by atoms with van der Waals surface area (Å²) in [5, 5.41) is 2.97. The van der Waals surface area contributed by atoms with Gasteiger partial charge in [-0.1, -0.05) is 91.0 Å². The fourth-order valence-electron chi connectivity index (χ4n) is 4.29. The number of nitrogens with zero attached hydrogens (tertiary/aromatic N) is 1. The Kier molecular flexibility index (Phi) is 8.57. The average Bonchev–Trinajstić information content (AvgIpc) is 2.91. The Balaban J connectivity index is 1.40. The standard InChI is InChI=1S/C29H32N2O5/c1-29(30-27(32)35-20-24-13-7-3-8-14-24)22-31(28(33)36-21-25-15-9-4-10-16-25)18-17-26(29)34-19-23-11-5-2-6-12-23/h2-16,26H,17-22H2,1H3,(H,30,32). The summed E-state index contributed by atoms with van der Waals surface area (Å²) in [6.07, 6.45) is -0.761. The van der Waals surface area contributed by atoms with Crippen molar-refractivity contribution in [2.24, 2.45) is 0 Å². The zero-order valence-corrected chi connectivity index (χ0v) is 20.5. The number of piperidine rings is 1. The van der Waals surface area contributed by atoms with Crippen molar-refractivity contribution < 1.29 is 23.8 Å². The topological polar surface area (TPSA) is 77.1 Å².